The van der Waals surface area contributed by atoms with E-state index >= 15 is 0 Å². The largest absolute Gasteiger partial charge is 0.375 e. The lowest BCUT2D eigenvalue weighted by Crippen LogP contribution is -2.41. The van der Waals surface area contributed by atoms with Crippen molar-refractivity contribution in [1.82, 2.24) is 0 Å². The molecule has 2 aromatic rings. The van der Waals surface area contributed by atoms with Gasteiger partial charge in [-0.15, -0.1) is 0 Å². The second kappa shape index (κ2) is 6.36. The van der Waals surface area contributed by atoms with E-state index in [1.54, 1.807) is 30.3 Å². The number of carbonyl (C=O) groups excluding carboxylic acids is 2. The third-order valence-electron chi connectivity index (χ3n) is 5.04. The Morgan fingerprint density at radius 2 is 1.69 bits per heavy atom. The molecule has 1 atom stereocenters. The van der Waals surface area contributed by atoms with Gasteiger partial charge in [0.1, 0.15) is 0 Å². The maximum absolute atomic E-state index is 12.8. The molecule has 0 aliphatic carbocycles. The smallest absolute Gasteiger partial charge is 0.264 e. The van der Waals surface area contributed by atoms with Gasteiger partial charge in [0, 0.05) is 17.7 Å². The number of hydrogen-bond donors (Lipinski definition) is 1. The Bertz CT molecular complexity index is 848. The zero-order chi connectivity index (χ0) is 19.1. The van der Waals surface area contributed by atoms with Crippen LogP contribution in [0.3, 0.4) is 0 Å². The van der Waals surface area contributed by atoms with Gasteiger partial charge in [0.05, 0.1) is 12.1 Å². The molecule has 0 radical (unpaired) electrons. The normalized spacial score (nSPS) is 19.6. The van der Waals surface area contributed by atoms with Gasteiger partial charge >= 0.3 is 0 Å². The average molecular weight is 351 g/mol. The molecule has 0 aromatic heterocycles. The number of amides is 1. The van der Waals surface area contributed by atoms with Crippen LogP contribution in [0.15, 0.2) is 48.5 Å². The minimum atomic E-state index is -1.80. The molecule has 0 saturated carbocycles. The molecule has 4 nitrogen and oxygen atoms in total. The van der Waals surface area contributed by atoms with Crippen molar-refractivity contribution in [1.29, 1.82) is 0 Å². The number of hydrogen-bond acceptors (Lipinski definition) is 3. The molecule has 0 fully saturated rings. The predicted octanol–water partition coefficient (Wildman–Crippen LogP) is 3.81. The van der Waals surface area contributed by atoms with Gasteiger partial charge in [-0.05, 0) is 24.0 Å². The van der Waals surface area contributed by atoms with E-state index in [4.69, 9.17) is 0 Å². The lowest BCUT2D eigenvalue weighted by molar-refractivity contribution is -0.135. The quantitative estimate of drug-likeness (QED) is 0.852. The molecule has 0 unspecified atom stereocenters. The number of para-hydroxylation sites is 1. The number of fused-ring (bicyclic) bond motifs is 1. The second-order valence-corrected chi connectivity index (χ2v) is 7.85. The van der Waals surface area contributed by atoms with Crippen LogP contribution in [0, 0.1) is 0 Å². The SMILES string of the molecule is CCN1C(=O)[C@@](O)(CC(=O)c2ccc(C(C)(C)C)cc2)c2ccccc21. The summed E-state index contributed by atoms with van der Waals surface area (Å²) in [6.07, 6.45) is -0.256. The summed E-state index contributed by atoms with van der Waals surface area (Å²) >= 11 is 0. The number of anilines is 1. The van der Waals surface area contributed by atoms with E-state index in [9.17, 15) is 14.7 Å². The number of carbonyl (C=O) groups is 2. The number of rotatable bonds is 4. The van der Waals surface area contributed by atoms with Crippen molar-refractivity contribution in [2.45, 2.75) is 45.1 Å². The van der Waals surface area contributed by atoms with Gasteiger partial charge in [-0.3, -0.25) is 9.59 Å². The molecule has 0 saturated heterocycles. The molecular formula is C22H25NO3. The summed E-state index contributed by atoms with van der Waals surface area (Å²) in [6.45, 7) is 8.64. The first-order valence-electron chi connectivity index (χ1n) is 8.96. The Labute approximate surface area is 154 Å². The summed E-state index contributed by atoms with van der Waals surface area (Å²) in [5.74, 6) is -0.671. The maximum atomic E-state index is 12.8. The number of nitrogens with zero attached hydrogens (tertiary/aromatic N) is 1. The first-order chi connectivity index (χ1) is 12.2. The van der Waals surface area contributed by atoms with Crippen molar-refractivity contribution in [3.05, 3.63) is 65.2 Å². The van der Waals surface area contributed by atoms with Gasteiger partial charge in [0.15, 0.2) is 11.4 Å². The third-order valence-corrected chi connectivity index (χ3v) is 5.04. The monoisotopic (exact) mass is 351 g/mol. The van der Waals surface area contributed by atoms with Crippen molar-refractivity contribution in [3.63, 3.8) is 0 Å². The van der Waals surface area contributed by atoms with Crippen LogP contribution in [0.4, 0.5) is 5.69 Å². The summed E-state index contributed by atoms with van der Waals surface area (Å²) in [5.41, 5.74) is 1.03. The second-order valence-electron chi connectivity index (χ2n) is 7.85. The molecule has 1 N–H and O–H groups in total. The van der Waals surface area contributed by atoms with E-state index < -0.39 is 11.5 Å². The van der Waals surface area contributed by atoms with Crippen molar-refractivity contribution >= 4 is 17.4 Å². The number of ketones is 1. The Hall–Kier alpha value is -2.46. The Morgan fingerprint density at radius 3 is 2.27 bits per heavy atom. The number of aliphatic hydroxyl groups is 1. The highest BCUT2D eigenvalue weighted by atomic mass is 16.3. The highest BCUT2D eigenvalue weighted by molar-refractivity contribution is 6.10. The van der Waals surface area contributed by atoms with E-state index in [1.165, 1.54) is 4.90 Å². The number of benzene rings is 2. The van der Waals surface area contributed by atoms with Crippen LogP contribution >= 0.6 is 0 Å². The first kappa shape index (κ1) is 18.3. The summed E-state index contributed by atoms with van der Waals surface area (Å²) in [7, 11) is 0. The van der Waals surface area contributed by atoms with Gasteiger partial charge in [0.25, 0.3) is 5.91 Å². The van der Waals surface area contributed by atoms with E-state index in [-0.39, 0.29) is 17.6 Å². The van der Waals surface area contributed by atoms with Gasteiger partial charge in [0.2, 0.25) is 0 Å². The highest BCUT2D eigenvalue weighted by Crippen LogP contribution is 2.42. The molecule has 26 heavy (non-hydrogen) atoms. The zero-order valence-electron chi connectivity index (χ0n) is 15.7. The van der Waals surface area contributed by atoms with Gasteiger partial charge in [-0.1, -0.05) is 63.2 Å². The molecule has 3 rings (SSSR count). The zero-order valence-corrected chi connectivity index (χ0v) is 15.7. The van der Waals surface area contributed by atoms with Crippen molar-refractivity contribution in [2.75, 3.05) is 11.4 Å². The molecule has 1 amide bonds. The van der Waals surface area contributed by atoms with Crippen molar-refractivity contribution in [2.24, 2.45) is 0 Å². The minimum absolute atomic E-state index is 0.00175. The summed E-state index contributed by atoms with van der Waals surface area (Å²) in [4.78, 5) is 27.1. The van der Waals surface area contributed by atoms with Crippen molar-refractivity contribution in [3.8, 4) is 0 Å². The summed E-state index contributed by atoms with van der Waals surface area (Å²) < 4.78 is 0. The van der Waals surface area contributed by atoms with E-state index in [0.29, 0.717) is 23.4 Å². The topological polar surface area (TPSA) is 57.6 Å². The number of likely N-dealkylation sites (N-methyl/N-ethyl adjacent to an activating group) is 1. The third kappa shape index (κ3) is 2.95. The Kier molecular flexibility index (Phi) is 4.49. The number of Topliss-reactive ketones (excluding diaryl/α,β-unsaturated/α-hetero) is 1. The molecule has 136 valence electrons. The average Bonchev–Trinajstić information content (AvgIpc) is 2.82. The van der Waals surface area contributed by atoms with Crippen LogP contribution in [0.25, 0.3) is 0 Å². The fraction of sp³-hybridized carbons (Fsp3) is 0.364. The first-order valence-corrected chi connectivity index (χ1v) is 8.96. The Morgan fingerprint density at radius 1 is 1.08 bits per heavy atom. The van der Waals surface area contributed by atoms with Crippen LogP contribution in [-0.4, -0.2) is 23.3 Å². The fourth-order valence-electron chi connectivity index (χ4n) is 3.48. The lowest BCUT2D eigenvalue weighted by atomic mass is 9.85. The molecular weight excluding hydrogens is 326 g/mol. The van der Waals surface area contributed by atoms with E-state index in [2.05, 4.69) is 20.8 Å². The maximum Gasteiger partial charge on any atom is 0.264 e. The fourth-order valence-corrected chi connectivity index (χ4v) is 3.48. The van der Waals surface area contributed by atoms with E-state index in [1.807, 2.05) is 25.1 Å². The van der Waals surface area contributed by atoms with Crippen LogP contribution in [0.5, 0.6) is 0 Å². The van der Waals surface area contributed by atoms with Gasteiger partial charge < -0.3 is 10.0 Å². The van der Waals surface area contributed by atoms with Gasteiger partial charge in [-0.25, -0.2) is 0 Å². The minimum Gasteiger partial charge on any atom is -0.375 e. The molecule has 2 aromatic carbocycles. The van der Waals surface area contributed by atoms with Crippen LogP contribution in [0.1, 0.15) is 55.6 Å². The lowest BCUT2D eigenvalue weighted by Gasteiger charge is -2.22. The molecule has 0 bridgehead atoms. The molecule has 1 heterocycles. The Balaban J connectivity index is 1.90. The molecule has 4 heteroatoms. The standard InChI is InChI=1S/C22H25NO3/c1-5-23-18-9-7-6-8-17(18)22(26,20(23)25)14-19(24)15-10-12-16(13-11-15)21(2,3)4/h6-13,26H,5,14H2,1-4H3/t22-/m1/s1. The van der Waals surface area contributed by atoms with Crippen LogP contribution < -0.4 is 4.90 Å². The van der Waals surface area contributed by atoms with Crippen molar-refractivity contribution < 1.29 is 14.7 Å². The molecule has 1 aliphatic heterocycles. The van der Waals surface area contributed by atoms with Gasteiger partial charge in [-0.2, -0.15) is 0 Å². The van der Waals surface area contributed by atoms with Crippen LogP contribution in [0.2, 0.25) is 0 Å². The van der Waals surface area contributed by atoms with Crippen LogP contribution in [-0.2, 0) is 15.8 Å². The molecule has 0 spiro atoms. The predicted molar refractivity (Wildman–Crippen MR) is 102 cm³/mol. The highest BCUT2D eigenvalue weighted by Gasteiger charge is 2.50. The van der Waals surface area contributed by atoms with E-state index in [0.717, 1.165) is 5.56 Å². The summed E-state index contributed by atoms with van der Waals surface area (Å²) in [5, 5.41) is 11.1. The molecule has 1 aliphatic rings. The summed E-state index contributed by atoms with van der Waals surface area (Å²) in [6, 6.07) is 14.5.